The van der Waals surface area contributed by atoms with E-state index in [-0.39, 0.29) is 16.8 Å². The number of aryl methyl sites for hydroxylation is 2. The van der Waals surface area contributed by atoms with Crippen LogP contribution in [0, 0.1) is 0 Å². The Labute approximate surface area is 281 Å². The Balaban J connectivity index is 0.000000187. The third-order valence-corrected chi connectivity index (χ3v) is 7.32. The minimum absolute atomic E-state index is 0.0551. The molecule has 4 aromatic heterocycles. The predicted octanol–water partition coefficient (Wildman–Crippen LogP) is 5.30. The summed E-state index contributed by atoms with van der Waals surface area (Å²) in [7, 11) is 3.70. The van der Waals surface area contributed by atoms with Gasteiger partial charge in [-0.25, -0.2) is 24.1 Å². The van der Waals surface area contributed by atoms with Gasteiger partial charge >= 0.3 is 12.1 Å². The molecule has 2 N–H and O–H groups in total. The molecule has 0 aliphatic carbocycles. The first kappa shape index (κ1) is 33.0. The number of aromatic nitrogens is 10. The highest BCUT2D eigenvalue weighted by atomic mass is 19.4. The molecule has 0 atom stereocenters. The summed E-state index contributed by atoms with van der Waals surface area (Å²) >= 11 is 0. The van der Waals surface area contributed by atoms with Gasteiger partial charge in [0.25, 0.3) is 5.91 Å². The van der Waals surface area contributed by atoms with E-state index in [1.165, 1.54) is 27.6 Å². The summed E-state index contributed by atoms with van der Waals surface area (Å²) in [6, 6.07) is 17.5. The second-order valence-electron chi connectivity index (χ2n) is 10.8. The van der Waals surface area contributed by atoms with Crippen molar-refractivity contribution in [1.29, 1.82) is 0 Å². The van der Waals surface area contributed by atoms with Gasteiger partial charge in [0.05, 0.1) is 71.3 Å². The Bertz CT molecular complexity index is 2300. The maximum atomic E-state index is 12.9. The standard InChI is InChI=1S/C20H15F3N6O.C13H11N5O2/c1-28-12-24-10-18(28)17-11-29(27-26-17)16-7-2-4-13(8-16)19(30)25-15-6-3-5-14(9-15)20(21,22)23;1-17-8-14-6-12(17)11-7-18(16-15-11)10-4-2-3-9(5-10)13(19)20/h2-12H,1H3,(H,25,30);2-8H,1H3,(H,19,20). The van der Waals surface area contributed by atoms with E-state index in [9.17, 15) is 22.8 Å². The predicted molar refractivity (Wildman–Crippen MR) is 173 cm³/mol. The van der Waals surface area contributed by atoms with Crippen LogP contribution in [0.25, 0.3) is 34.2 Å². The first-order chi connectivity index (χ1) is 24.0. The number of carbonyl (C=O) groups is 2. The summed E-state index contributed by atoms with van der Waals surface area (Å²) in [5.41, 5.74) is 3.81. The van der Waals surface area contributed by atoms with Gasteiger partial charge in [-0.2, -0.15) is 13.2 Å². The van der Waals surface area contributed by atoms with Crippen LogP contribution in [0.5, 0.6) is 0 Å². The average molecular weight is 682 g/mol. The zero-order valence-electron chi connectivity index (χ0n) is 26.3. The van der Waals surface area contributed by atoms with Crippen molar-refractivity contribution in [3.63, 3.8) is 0 Å². The molecule has 0 unspecified atom stereocenters. The number of anilines is 1. The number of nitrogens with one attached hydrogen (secondary N) is 1. The minimum atomic E-state index is -4.49. The summed E-state index contributed by atoms with van der Waals surface area (Å²) in [4.78, 5) is 31.6. The monoisotopic (exact) mass is 681 g/mol. The Morgan fingerprint density at radius 3 is 1.74 bits per heavy atom. The third kappa shape index (κ3) is 7.30. The highest BCUT2D eigenvalue weighted by Gasteiger charge is 2.30. The van der Waals surface area contributed by atoms with Gasteiger partial charge in [-0.1, -0.05) is 28.6 Å². The van der Waals surface area contributed by atoms with E-state index in [2.05, 4.69) is 35.9 Å². The average Bonchev–Trinajstić information content (AvgIpc) is 3.93. The van der Waals surface area contributed by atoms with Gasteiger partial charge < -0.3 is 19.6 Å². The number of imidazole rings is 2. The summed E-state index contributed by atoms with van der Waals surface area (Å²) < 4.78 is 45.3. The molecule has 50 heavy (non-hydrogen) atoms. The molecule has 7 rings (SSSR count). The molecule has 0 fully saturated rings. The van der Waals surface area contributed by atoms with Crippen LogP contribution in [0.3, 0.4) is 0 Å². The van der Waals surface area contributed by atoms with E-state index < -0.39 is 23.6 Å². The minimum Gasteiger partial charge on any atom is -0.478 e. The van der Waals surface area contributed by atoms with Crippen molar-refractivity contribution < 1.29 is 27.9 Å². The lowest BCUT2D eigenvalue weighted by Crippen LogP contribution is -2.13. The summed E-state index contributed by atoms with van der Waals surface area (Å²) in [5, 5.41) is 27.8. The Morgan fingerprint density at radius 2 is 1.24 bits per heavy atom. The zero-order valence-corrected chi connectivity index (χ0v) is 26.3. The van der Waals surface area contributed by atoms with Crippen molar-refractivity contribution >= 4 is 17.6 Å². The van der Waals surface area contributed by atoms with Crippen molar-refractivity contribution in [2.24, 2.45) is 14.1 Å². The van der Waals surface area contributed by atoms with Crippen molar-refractivity contribution in [3.05, 3.63) is 127 Å². The second-order valence-corrected chi connectivity index (χ2v) is 10.8. The number of hydrogen-bond acceptors (Lipinski definition) is 8. The molecule has 4 heterocycles. The van der Waals surface area contributed by atoms with E-state index in [1.54, 1.807) is 84.5 Å². The number of alkyl halides is 3. The van der Waals surface area contributed by atoms with E-state index in [1.807, 2.05) is 18.7 Å². The number of amides is 1. The number of benzene rings is 3. The highest BCUT2D eigenvalue weighted by Crippen LogP contribution is 2.31. The maximum Gasteiger partial charge on any atom is 0.416 e. The molecule has 0 aliphatic rings. The zero-order chi connectivity index (χ0) is 35.4. The van der Waals surface area contributed by atoms with E-state index >= 15 is 0 Å². The fraction of sp³-hybridized carbons (Fsp3) is 0.0909. The molecule has 0 spiro atoms. The second kappa shape index (κ2) is 13.7. The van der Waals surface area contributed by atoms with Crippen LogP contribution in [-0.2, 0) is 20.3 Å². The van der Waals surface area contributed by atoms with Crippen LogP contribution in [0.4, 0.5) is 18.9 Å². The van der Waals surface area contributed by atoms with Gasteiger partial charge in [-0.15, -0.1) is 10.2 Å². The van der Waals surface area contributed by atoms with Crippen LogP contribution in [0.15, 0.2) is 110 Å². The number of carbonyl (C=O) groups excluding carboxylic acids is 1. The lowest BCUT2D eigenvalue weighted by Gasteiger charge is -2.10. The van der Waals surface area contributed by atoms with Gasteiger partial charge in [0.1, 0.15) is 11.4 Å². The smallest absolute Gasteiger partial charge is 0.416 e. The number of hydrogen-bond donors (Lipinski definition) is 2. The fourth-order valence-corrected chi connectivity index (χ4v) is 4.77. The molecular weight excluding hydrogens is 655 g/mol. The lowest BCUT2D eigenvalue weighted by molar-refractivity contribution is -0.137. The topological polar surface area (TPSA) is 163 Å². The Morgan fingerprint density at radius 1 is 0.720 bits per heavy atom. The van der Waals surface area contributed by atoms with Crippen LogP contribution < -0.4 is 5.32 Å². The van der Waals surface area contributed by atoms with Gasteiger partial charge in [-0.05, 0) is 54.6 Å². The van der Waals surface area contributed by atoms with Crippen LogP contribution in [-0.4, -0.2) is 66.1 Å². The largest absolute Gasteiger partial charge is 0.478 e. The molecule has 17 heteroatoms. The molecule has 0 saturated carbocycles. The fourth-order valence-electron chi connectivity index (χ4n) is 4.77. The first-order valence-corrected chi connectivity index (χ1v) is 14.7. The number of halogens is 3. The number of aromatic carboxylic acids is 1. The van der Waals surface area contributed by atoms with Crippen LogP contribution >= 0.6 is 0 Å². The van der Waals surface area contributed by atoms with Gasteiger partial charge in [-0.3, -0.25) is 4.79 Å². The third-order valence-electron chi connectivity index (χ3n) is 7.32. The maximum absolute atomic E-state index is 12.9. The molecule has 7 aromatic rings. The number of nitrogens with zero attached hydrogens (tertiary/aromatic N) is 10. The molecular formula is C33H26F3N11O3. The molecule has 1 amide bonds. The van der Waals surface area contributed by atoms with Crippen molar-refractivity contribution in [1.82, 2.24) is 49.1 Å². The molecule has 0 aliphatic heterocycles. The van der Waals surface area contributed by atoms with Gasteiger partial charge in [0.2, 0.25) is 0 Å². The molecule has 0 radical (unpaired) electrons. The summed E-state index contributed by atoms with van der Waals surface area (Å²) in [6.07, 6.45) is 5.62. The quantitative estimate of drug-likeness (QED) is 0.227. The SMILES string of the molecule is Cn1cncc1-c1cn(-c2cccc(C(=O)Nc3cccc(C(F)(F)F)c3)c2)nn1.Cn1cncc1-c1cn(-c2cccc(C(=O)O)c2)nn1. The van der Waals surface area contributed by atoms with Crippen LogP contribution in [0.2, 0.25) is 0 Å². The molecule has 252 valence electrons. The van der Waals surface area contributed by atoms with E-state index in [0.29, 0.717) is 22.8 Å². The Kier molecular flexibility index (Phi) is 9.03. The number of carboxylic acids is 1. The van der Waals surface area contributed by atoms with Gasteiger partial charge in [0, 0.05) is 25.3 Å². The molecule has 0 saturated heterocycles. The lowest BCUT2D eigenvalue weighted by atomic mass is 10.1. The van der Waals surface area contributed by atoms with Gasteiger partial charge in [0.15, 0.2) is 0 Å². The molecule has 0 bridgehead atoms. The van der Waals surface area contributed by atoms with Crippen molar-refractivity contribution in [2.75, 3.05) is 5.32 Å². The van der Waals surface area contributed by atoms with Crippen molar-refractivity contribution in [3.8, 4) is 34.2 Å². The normalized spacial score (nSPS) is 11.1. The summed E-state index contributed by atoms with van der Waals surface area (Å²) in [6.45, 7) is 0. The highest BCUT2D eigenvalue weighted by molar-refractivity contribution is 6.04. The Hall–Kier alpha value is -6.91. The van der Waals surface area contributed by atoms with E-state index in [0.717, 1.165) is 23.5 Å². The van der Waals surface area contributed by atoms with E-state index in [4.69, 9.17) is 5.11 Å². The number of carboxylic acid groups (broad SMARTS) is 1. The summed E-state index contributed by atoms with van der Waals surface area (Å²) in [5.74, 6) is -1.51. The number of rotatable bonds is 7. The first-order valence-electron chi connectivity index (χ1n) is 14.7. The van der Waals surface area contributed by atoms with Crippen molar-refractivity contribution in [2.45, 2.75) is 6.18 Å². The molecule has 3 aromatic carbocycles. The van der Waals surface area contributed by atoms with Crippen LogP contribution in [0.1, 0.15) is 26.3 Å². The molecule has 14 nitrogen and oxygen atoms in total.